The van der Waals surface area contributed by atoms with Gasteiger partial charge in [-0.3, -0.25) is 0 Å². The van der Waals surface area contributed by atoms with Gasteiger partial charge in [-0.1, -0.05) is 5.16 Å². The zero-order valence-electron chi connectivity index (χ0n) is 10.9. The molecule has 0 bridgehead atoms. The molecule has 0 saturated carbocycles. The average molecular weight is 290 g/mol. The van der Waals surface area contributed by atoms with Crippen LogP contribution < -0.4 is 10.5 Å². The van der Waals surface area contributed by atoms with Gasteiger partial charge in [0.15, 0.2) is 23.2 Å². The van der Waals surface area contributed by atoms with Gasteiger partial charge in [-0.2, -0.15) is 0 Å². The fourth-order valence-electron chi connectivity index (χ4n) is 1.35. The summed E-state index contributed by atoms with van der Waals surface area (Å²) in [6, 6.07) is 1.83. The zero-order valence-corrected chi connectivity index (χ0v) is 10.9. The number of halogens is 2. The molecule has 3 N–H and O–H groups in total. The summed E-state index contributed by atoms with van der Waals surface area (Å²) in [6.07, 6.45) is 0. The standard InChI is InChI=1S/C12H16F2N2O4/c1-18-2-3-19-4-5-20-11-9(13)6-8(7-10(11)14)12(15)16-17/h6-7,17H,2-5H2,1H3,(H2,15,16). The molecule has 1 aromatic carbocycles. The number of nitrogens with zero attached hydrogens (tertiary/aromatic N) is 1. The largest absolute Gasteiger partial charge is 0.485 e. The Morgan fingerprint density at radius 2 is 1.80 bits per heavy atom. The third-order valence-corrected chi connectivity index (χ3v) is 2.31. The maximum absolute atomic E-state index is 13.6. The number of nitrogens with two attached hydrogens (primary N) is 1. The number of hydrogen-bond acceptors (Lipinski definition) is 5. The monoisotopic (exact) mass is 290 g/mol. The van der Waals surface area contributed by atoms with Crippen LogP contribution in [-0.4, -0.2) is 44.6 Å². The smallest absolute Gasteiger partial charge is 0.190 e. The van der Waals surface area contributed by atoms with E-state index in [-0.39, 0.29) is 18.8 Å². The van der Waals surface area contributed by atoms with E-state index in [2.05, 4.69) is 5.16 Å². The van der Waals surface area contributed by atoms with Crippen LogP contribution in [0.15, 0.2) is 17.3 Å². The van der Waals surface area contributed by atoms with E-state index in [1.165, 1.54) is 7.11 Å². The SMILES string of the molecule is COCCOCCOc1c(F)cc(C(N)=NO)cc1F. The summed E-state index contributed by atoms with van der Waals surface area (Å²) in [5.74, 6) is -2.81. The summed E-state index contributed by atoms with van der Waals surface area (Å²) in [5, 5.41) is 11.1. The number of rotatable bonds is 8. The highest BCUT2D eigenvalue weighted by Gasteiger charge is 2.14. The third-order valence-electron chi connectivity index (χ3n) is 2.31. The first kappa shape index (κ1) is 16.1. The molecule has 0 amide bonds. The Balaban J connectivity index is 2.58. The van der Waals surface area contributed by atoms with E-state index < -0.39 is 23.2 Å². The molecule has 0 radical (unpaired) electrons. The van der Waals surface area contributed by atoms with Crippen molar-refractivity contribution in [2.45, 2.75) is 0 Å². The van der Waals surface area contributed by atoms with Crippen LogP contribution in [0.5, 0.6) is 5.75 Å². The Kier molecular flexibility index (Phi) is 6.68. The minimum absolute atomic E-state index is 0.0134. The summed E-state index contributed by atoms with van der Waals surface area (Å²) < 4.78 is 42.0. The van der Waals surface area contributed by atoms with Gasteiger partial charge in [-0.25, -0.2) is 8.78 Å². The molecule has 8 heteroatoms. The normalized spacial score (nSPS) is 11.7. The van der Waals surface area contributed by atoms with Gasteiger partial charge in [0, 0.05) is 12.7 Å². The first-order chi connectivity index (χ1) is 9.60. The molecule has 0 unspecified atom stereocenters. The first-order valence-corrected chi connectivity index (χ1v) is 5.76. The molecule has 1 rings (SSSR count). The van der Waals surface area contributed by atoms with E-state index in [0.29, 0.717) is 13.2 Å². The molecule has 6 nitrogen and oxygen atoms in total. The van der Waals surface area contributed by atoms with Crippen molar-refractivity contribution in [3.63, 3.8) is 0 Å². The van der Waals surface area contributed by atoms with Gasteiger partial charge < -0.3 is 25.2 Å². The van der Waals surface area contributed by atoms with Crippen LogP contribution in [0, 0.1) is 11.6 Å². The quantitative estimate of drug-likeness (QED) is 0.246. The van der Waals surface area contributed by atoms with Crippen molar-refractivity contribution in [1.29, 1.82) is 0 Å². The maximum Gasteiger partial charge on any atom is 0.190 e. The highest BCUT2D eigenvalue weighted by Crippen LogP contribution is 2.23. The summed E-state index contributed by atoms with van der Waals surface area (Å²) in [7, 11) is 1.54. The lowest BCUT2D eigenvalue weighted by Gasteiger charge is -2.10. The molecule has 1 aromatic rings. The minimum Gasteiger partial charge on any atom is -0.485 e. The lowest BCUT2D eigenvalue weighted by Crippen LogP contribution is -2.15. The van der Waals surface area contributed by atoms with Crippen LogP contribution in [0.4, 0.5) is 8.78 Å². The number of oxime groups is 1. The lowest BCUT2D eigenvalue weighted by molar-refractivity contribution is 0.0531. The molecule has 0 fully saturated rings. The second-order valence-electron chi connectivity index (χ2n) is 3.71. The topological polar surface area (TPSA) is 86.3 Å². The molecule has 112 valence electrons. The molecule has 0 spiro atoms. The molecular weight excluding hydrogens is 274 g/mol. The highest BCUT2D eigenvalue weighted by atomic mass is 19.1. The van der Waals surface area contributed by atoms with Crippen LogP contribution in [0.3, 0.4) is 0 Å². The van der Waals surface area contributed by atoms with Crippen molar-refractivity contribution in [3.8, 4) is 5.75 Å². The molecule has 0 heterocycles. The Labute approximate surface area is 114 Å². The highest BCUT2D eigenvalue weighted by molar-refractivity contribution is 5.97. The van der Waals surface area contributed by atoms with E-state index in [1.807, 2.05) is 0 Å². The molecule has 0 aliphatic carbocycles. The Bertz CT molecular complexity index is 446. The number of hydrogen-bond donors (Lipinski definition) is 2. The van der Waals surface area contributed by atoms with Crippen LogP contribution in [0.2, 0.25) is 0 Å². The minimum atomic E-state index is -0.941. The van der Waals surface area contributed by atoms with E-state index in [0.717, 1.165) is 12.1 Å². The summed E-state index contributed by atoms with van der Waals surface area (Å²) in [5.41, 5.74) is 5.17. The fraction of sp³-hybridized carbons (Fsp3) is 0.417. The predicted molar refractivity (Wildman–Crippen MR) is 67.1 cm³/mol. The summed E-state index contributed by atoms with van der Waals surface area (Å²) in [6.45, 7) is 0.954. The van der Waals surface area contributed by atoms with Gasteiger partial charge in [-0.05, 0) is 12.1 Å². The van der Waals surface area contributed by atoms with Gasteiger partial charge in [0.05, 0.1) is 19.8 Å². The molecule has 0 atom stereocenters. The van der Waals surface area contributed by atoms with Crippen LogP contribution in [0.25, 0.3) is 0 Å². The Morgan fingerprint density at radius 3 is 2.35 bits per heavy atom. The number of methoxy groups -OCH3 is 1. The second-order valence-corrected chi connectivity index (χ2v) is 3.71. The second kappa shape index (κ2) is 8.28. The van der Waals surface area contributed by atoms with E-state index in [1.54, 1.807) is 0 Å². The van der Waals surface area contributed by atoms with Gasteiger partial charge >= 0.3 is 0 Å². The molecule has 0 aliphatic heterocycles. The molecular formula is C12H16F2N2O4. The van der Waals surface area contributed by atoms with Gasteiger partial charge in [0.1, 0.15) is 6.61 Å². The van der Waals surface area contributed by atoms with Gasteiger partial charge in [0.2, 0.25) is 0 Å². The van der Waals surface area contributed by atoms with Gasteiger partial charge in [0.25, 0.3) is 0 Å². The van der Waals surface area contributed by atoms with Crippen LogP contribution in [-0.2, 0) is 9.47 Å². The van der Waals surface area contributed by atoms with Crippen LogP contribution in [0.1, 0.15) is 5.56 Å². The van der Waals surface area contributed by atoms with Crippen molar-refractivity contribution < 1.29 is 28.2 Å². The molecule has 0 aromatic heterocycles. The maximum atomic E-state index is 13.6. The van der Waals surface area contributed by atoms with Gasteiger partial charge in [-0.15, -0.1) is 0 Å². The molecule has 0 saturated heterocycles. The van der Waals surface area contributed by atoms with E-state index >= 15 is 0 Å². The number of benzene rings is 1. The molecule has 0 aliphatic rings. The zero-order chi connectivity index (χ0) is 15.0. The van der Waals surface area contributed by atoms with Crippen molar-refractivity contribution in [3.05, 3.63) is 29.3 Å². The lowest BCUT2D eigenvalue weighted by atomic mass is 10.2. The average Bonchev–Trinajstić information content (AvgIpc) is 2.43. The Morgan fingerprint density at radius 1 is 1.20 bits per heavy atom. The van der Waals surface area contributed by atoms with E-state index in [9.17, 15) is 8.78 Å². The predicted octanol–water partition coefficient (Wildman–Crippen LogP) is 1.10. The van der Waals surface area contributed by atoms with Crippen molar-refractivity contribution in [2.24, 2.45) is 10.9 Å². The van der Waals surface area contributed by atoms with Crippen molar-refractivity contribution >= 4 is 5.84 Å². The fourth-order valence-corrected chi connectivity index (χ4v) is 1.35. The van der Waals surface area contributed by atoms with Crippen molar-refractivity contribution in [2.75, 3.05) is 33.5 Å². The number of amidine groups is 1. The van der Waals surface area contributed by atoms with E-state index in [4.69, 9.17) is 25.2 Å². The van der Waals surface area contributed by atoms with Crippen LogP contribution >= 0.6 is 0 Å². The number of ether oxygens (including phenoxy) is 3. The first-order valence-electron chi connectivity index (χ1n) is 5.76. The molecule has 20 heavy (non-hydrogen) atoms. The third kappa shape index (κ3) is 4.63. The summed E-state index contributed by atoms with van der Waals surface area (Å²) >= 11 is 0. The Hall–Kier alpha value is -1.93. The van der Waals surface area contributed by atoms with Crippen molar-refractivity contribution in [1.82, 2.24) is 0 Å². The summed E-state index contributed by atoms with van der Waals surface area (Å²) in [4.78, 5) is 0.